The van der Waals surface area contributed by atoms with E-state index >= 15 is 0 Å². The molecule has 1 amide bonds. The number of anilines is 1. The number of hydrogen-bond acceptors (Lipinski definition) is 4. The number of amides is 1. The van der Waals surface area contributed by atoms with Crippen molar-refractivity contribution in [2.75, 3.05) is 12.4 Å². The van der Waals surface area contributed by atoms with Crippen molar-refractivity contribution in [1.29, 1.82) is 0 Å². The van der Waals surface area contributed by atoms with E-state index in [1.807, 2.05) is 6.92 Å². The number of pyridine rings is 2. The molecule has 3 rings (SSSR count). The van der Waals surface area contributed by atoms with Crippen LogP contribution < -0.4 is 10.1 Å². The molecule has 0 aliphatic heterocycles. The zero-order chi connectivity index (χ0) is 16.4. The Morgan fingerprint density at radius 1 is 1.39 bits per heavy atom. The third-order valence-electron chi connectivity index (χ3n) is 3.46. The van der Waals surface area contributed by atoms with Crippen LogP contribution in [0, 0.1) is 0 Å². The van der Waals surface area contributed by atoms with Crippen LogP contribution in [0.25, 0.3) is 5.65 Å². The van der Waals surface area contributed by atoms with Gasteiger partial charge in [-0.1, -0.05) is 18.5 Å². The van der Waals surface area contributed by atoms with Gasteiger partial charge in [0.15, 0.2) is 16.5 Å². The van der Waals surface area contributed by atoms with Crippen molar-refractivity contribution >= 4 is 28.8 Å². The first-order chi connectivity index (χ1) is 11.2. The number of fused-ring (bicyclic) bond motifs is 1. The monoisotopic (exact) mass is 330 g/mol. The Balaban J connectivity index is 2.08. The predicted octanol–water partition coefficient (Wildman–Crippen LogP) is 3.21. The van der Waals surface area contributed by atoms with Gasteiger partial charge in [0.2, 0.25) is 0 Å². The van der Waals surface area contributed by atoms with E-state index in [0.29, 0.717) is 34.9 Å². The van der Waals surface area contributed by atoms with Crippen LogP contribution in [0.4, 0.5) is 5.69 Å². The standard InChI is InChI=1S/C16H15ClN4O2/c1-3-10-13(16(22)20-11-6-4-8-18-14(11)17)21-9-5-7-12(23-2)15(21)19-10/h4-9H,3H2,1-2H3,(H,20,22). The Labute approximate surface area is 138 Å². The Morgan fingerprint density at radius 2 is 2.22 bits per heavy atom. The molecule has 0 aromatic carbocycles. The van der Waals surface area contributed by atoms with Crippen molar-refractivity contribution in [3.8, 4) is 5.75 Å². The van der Waals surface area contributed by atoms with Crippen LogP contribution in [0.5, 0.6) is 5.75 Å². The third-order valence-corrected chi connectivity index (χ3v) is 3.76. The molecular weight excluding hydrogens is 316 g/mol. The summed E-state index contributed by atoms with van der Waals surface area (Å²) in [6, 6.07) is 7.02. The number of imidazole rings is 1. The van der Waals surface area contributed by atoms with E-state index < -0.39 is 0 Å². The molecule has 0 unspecified atom stereocenters. The number of aryl methyl sites for hydroxylation is 1. The molecule has 7 heteroatoms. The van der Waals surface area contributed by atoms with Crippen LogP contribution in [0.2, 0.25) is 5.15 Å². The fraction of sp³-hybridized carbons (Fsp3) is 0.188. The summed E-state index contributed by atoms with van der Waals surface area (Å²) in [4.78, 5) is 21.2. The van der Waals surface area contributed by atoms with Gasteiger partial charge in [-0.05, 0) is 30.7 Å². The van der Waals surface area contributed by atoms with Gasteiger partial charge in [0.1, 0.15) is 5.69 Å². The van der Waals surface area contributed by atoms with Crippen LogP contribution in [-0.2, 0) is 6.42 Å². The zero-order valence-corrected chi connectivity index (χ0v) is 13.5. The minimum atomic E-state index is -0.294. The fourth-order valence-corrected chi connectivity index (χ4v) is 2.56. The zero-order valence-electron chi connectivity index (χ0n) is 12.7. The molecular formula is C16H15ClN4O2. The van der Waals surface area contributed by atoms with Crippen molar-refractivity contribution in [1.82, 2.24) is 14.4 Å². The van der Waals surface area contributed by atoms with Gasteiger partial charge in [0, 0.05) is 12.4 Å². The van der Waals surface area contributed by atoms with Gasteiger partial charge in [-0.2, -0.15) is 0 Å². The van der Waals surface area contributed by atoms with Crippen LogP contribution in [0.15, 0.2) is 36.7 Å². The lowest BCUT2D eigenvalue weighted by molar-refractivity contribution is 0.102. The SMILES string of the molecule is CCc1nc2c(OC)cccn2c1C(=O)Nc1cccnc1Cl. The number of nitrogens with one attached hydrogen (secondary N) is 1. The molecule has 23 heavy (non-hydrogen) atoms. The van der Waals surface area contributed by atoms with Crippen molar-refractivity contribution in [3.05, 3.63) is 53.2 Å². The second-order valence-electron chi connectivity index (χ2n) is 4.83. The van der Waals surface area contributed by atoms with Crippen molar-refractivity contribution < 1.29 is 9.53 Å². The maximum Gasteiger partial charge on any atom is 0.274 e. The summed E-state index contributed by atoms with van der Waals surface area (Å²) in [6.45, 7) is 1.95. The average molecular weight is 331 g/mol. The molecule has 0 saturated heterocycles. The Kier molecular flexibility index (Phi) is 4.16. The second-order valence-corrected chi connectivity index (χ2v) is 5.18. The van der Waals surface area contributed by atoms with Gasteiger partial charge in [0.25, 0.3) is 5.91 Å². The number of aromatic nitrogens is 3. The molecule has 0 spiro atoms. The number of ether oxygens (including phenoxy) is 1. The van der Waals surface area contributed by atoms with Gasteiger partial charge in [-0.25, -0.2) is 9.97 Å². The van der Waals surface area contributed by atoms with E-state index in [4.69, 9.17) is 16.3 Å². The maximum absolute atomic E-state index is 12.7. The van der Waals surface area contributed by atoms with Crippen LogP contribution in [0.1, 0.15) is 23.1 Å². The van der Waals surface area contributed by atoms with Gasteiger partial charge < -0.3 is 10.1 Å². The topological polar surface area (TPSA) is 68.5 Å². The molecule has 3 aromatic rings. The first-order valence-electron chi connectivity index (χ1n) is 7.11. The smallest absolute Gasteiger partial charge is 0.274 e. The summed E-state index contributed by atoms with van der Waals surface area (Å²) >= 11 is 6.00. The number of carbonyl (C=O) groups is 1. The molecule has 3 aromatic heterocycles. The number of halogens is 1. The number of hydrogen-bond donors (Lipinski definition) is 1. The number of methoxy groups -OCH3 is 1. The van der Waals surface area contributed by atoms with E-state index in [1.165, 1.54) is 0 Å². The van der Waals surface area contributed by atoms with Crippen molar-refractivity contribution in [2.24, 2.45) is 0 Å². The molecule has 0 bridgehead atoms. The molecule has 6 nitrogen and oxygen atoms in total. The molecule has 0 radical (unpaired) electrons. The lowest BCUT2D eigenvalue weighted by atomic mass is 10.2. The predicted molar refractivity (Wildman–Crippen MR) is 88.3 cm³/mol. The van der Waals surface area contributed by atoms with Gasteiger partial charge in [-0.15, -0.1) is 0 Å². The minimum absolute atomic E-state index is 0.241. The summed E-state index contributed by atoms with van der Waals surface area (Å²) in [5, 5.41) is 3.02. The summed E-state index contributed by atoms with van der Waals surface area (Å²) < 4.78 is 7.03. The van der Waals surface area contributed by atoms with Gasteiger partial charge in [0.05, 0.1) is 18.5 Å². The van der Waals surface area contributed by atoms with Crippen LogP contribution in [-0.4, -0.2) is 27.4 Å². The van der Waals surface area contributed by atoms with Crippen LogP contribution >= 0.6 is 11.6 Å². The summed E-state index contributed by atoms with van der Waals surface area (Å²) in [6.07, 6.45) is 3.96. The number of carbonyl (C=O) groups excluding carboxylic acids is 1. The minimum Gasteiger partial charge on any atom is -0.493 e. The Bertz CT molecular complexity index is 876. The van der Waals surface area contributed by atoms with E-state index in [0.717, 1.165) is 0 Å². The van der Waals surface area contributed by atoms with E-state index in [2.05, 4.69) is 15.3 Å². The van der Waals surface area contributed by atoms with Gasteiger partial charge in [-0.3, -0.25) is 9.20 Å². The summed E-state index contributed by atoms with van der Waals surface area (Å²) in [5.41, 5.74) is 2.21. The molecule has 3 heterocycles. The average Bonchev–Trinajstić information content (AvgIpc) is 2.95. The number of nitrogens with zero attached hydrogens (tertiary/aromatic N) is 3. The van der Waals surface area contributed by atoms with E-state index in [9.17, 15) is 4.79 Å². The first-order valence-corrected chi connectivity index (χ1v) is 7.49. The quantitative estimate of drug-likeness (QED) is 0.746. The molecule has 0 atom stereocenters. The summed E-state index contributed by atoms with van der Waals surface area (Å²) in [7, 11) is 1.57. The normalized spacial score (nSPS) is 10.7. The fourth-order valence-electron chi connectivity index (χ4n) is 2.40. The first kappa shape index (κ1) is 15.3. The maximum atomic E-state index is 12.7. The molecule has 0 saturated carbocycles. The molecule has 0 aliphatic rings. The van der Waals surface area contributed by atoms with Crippen molar-refractivity contribution in [2.45, 2.75) is 13.3 Å². The second kappa shape index (κ2) is 6.26. The summed E-state index contributed by atoms with van der Waals surface area (Å²) in [5.74, 6) is 0.318. The van der Waals surface area contributed by atoms with Gasteiger partial charge >= 0.3 is 0 Å². The highest BCUT2D eigenvalue weighted by Gasteiger charge is 2.20. The third kappa shape index (κ3) is 2.73. The molecule has 0 fully saturated rings. The van der Waals surface area contributed by atoms with Crippen molar-refractivity contribution in [3.63, 3.8) is 0 Å². The molecule has 118 valence electrons. The molecule has 1 N–H and O–H groups in total. The molecule has 0 aliphatic carbocycles. The lowest BCUT2D eigenvalue weighted by Crippen LogP contribution is -2.16. The van der Waals surface area contributed by atoms with Crippen LogP contribution in [0.3, 0.4) is 0 Å². The lowest BCUT2D eigenvalue weighted by Gasteiger charge is -2.08. The number of rotatable bonds is 4. The van der Waals surface area contributed by atoms with E-state index in [-0.39, 0.29) is 11.1 Å². The highest BCUT2D eigenvalue weighted by Crippen LogP contribution is 2.24. The van der Waals surface area contributed by atoms with E-state index in [1.54, 1.807) is 48.2 Å². The highest BCUT2D eigenvalue weighted by molar-refractivity contribution is 6.32. The highest BCUT2D eigenvalue weighted by atomic mass is 35.5. The largest absolute Gasteiger partial charge is 0.493 e. The Morgan fingerprint density at radius 3 is 2.91 bits per heavy atom. The Hall–Kier alpha value is -2.60.